The number of rotatable bonds is 4. The van der Waals surface area contributed by atoms with Crippen LogP contribution in [0.3, 0.4) is 0 Å². The molecular weight excluding hydrogens is 657 g/mol. The van der Waals surface area contributed by atoms with Crippen molar-refractivity contribution in [3.8, 4) is 44.5 Å². The third-order valence-corrected chi connectivity index (χ3v) is 12.1. The average molecular weight is 696 g/mol. The molecule has 10 aromatic rings. The Morgan fingerprint density at radius 3 is 1.79 bits per heavy atom. The first kappa shape index (κ1) is 30.6. The molecule has 0 saturated carbocycles. The van der Waals surface area contributed by atoms with Crippen LogP contribution in [0.4, 0.5) is 0 Å². The van der Waals surface area contributed by atoms with E-state index in [1.807, 2.05) is 23.5 Å². The maximum Gasteiger partial charge on any atom is 0.0623 e. The van der Waals surface area contributed by atoms with Crippen LogP contribution in [0.15, 0.2) is 176 Å². The topological polar surface area (TPSA) is 0 Å². The van der Waals surface area contributed by atoms with Gasteiger partial charge in [-0.25, -0.2) is 0 Å². The number of hydrogen-bond acceptors (Lipinski definition) is 1. The van der Waals surface area contributed by atoms with E-state index >= 15 is 0 Å². The molecular formula is C52H38S. The fourth-order valence-electron chi connectivity index (χ4n) is 8.48. The Hall–Kier alpha value is -6.02. The van der Waals surface area contributed by atoms with E-state index < -0.39 is 0 Å². The second-order valence-electron chi connectivity index (χ2n) is 15.2. The fraction of sp³-hybridized carbons (Fsp3) is 0.0769. The van der Waals surface area contributed by atoms with Crippen LogP contribution in [0.25, 0.3) is 97.0 Å². The van der Waals surface area contributed by atoms with Crippen molar-refractivity contribution in [3.63, 3.8) is 0 Å². The lowest BCUT2D eigenvalue weighted by molar-refractivity contribution is 0.597. The van der Waals surface area contributed by atoms with E-state index in [-0.39, 0.29) is 5.41 Å². The Morgan fingerprint density at radius 1 is 0.434 bits per heavy atom. The van der Waals surface area contributed by atoms with Gasteiger partial charge in [0.2, 0.25) is 0 Å². The second-order valence-corrected chi connectivity index (χ2v) is 16.2. The Labute approximate surface area is 316 Å². The molecule has 0 aliphatic rings. The molecule has 53 heavy (non-hydrogen) atoms. The highest BCUT2D eigenvalue weighted by Crippen LogP contribution is 2.48. The van der Waals surface area contributed by atoms with E-state index in [0.717, 1.165) is 10.8 Å². The maximum atomic E-state index is 8.11. The molecule has 0 aliphatic heterocycles. The molecule has 1 heterocycles. The predicted octanol–water partition coefficient (Wildman–Crippen LogP) is 15.5. The Kier molecular flexibility index (Phi) is 7.10. The van der Waals surface area contributed by atoms with Crippen molar-refractivity contribution in [2.24, 2.45) is 0 Å². The van der Waals surface area contributed by atoms with Gasteiger partial charge in [-0.1, -0.05) is 178 Å². The van der Waals surface area contributed by atoms with Crippen molar-refractivity contribution in [1.29, 1.82) is 0 Å². The molecule has 0 aliphatic carbocycles. The molecule has 0 radical (unpaired) electrons. The van der Waals surface area contributed by atoms with Crippen LogP contribution in [0.5, 0.6) is 0 Å². The van der Waals surface area contributed by atoms with Gasteiger partial charge in [0.1, 0.15) is 0 Å². The van der Waals surface area contributed by atoms with E-state index in [0.29, 0.717) is 6.04 Å². The van der Waals surface area contributed by atoms with E-state index in [4.69, 9.17) is 1.37 Å². The SMILES string of the molecule is [2H]c1ccc2cc(-c3ccccc3-c3c4ccccc4c(-c4cccc(-c5ccc(C(C)(C)C)c6sc7ccccc7c56)c4)c4ccccc34)ccc2c1. The third kappa shape index (κ3) is 5.18. The molecule has 1 aromatic heterocycles. The van der Waals surface area contributed by atoms with Crippen LogP contribution in [-0.2, 0) is 5.41 Å². The number of fused-ring (bicyclic) bond motifs is 6. The Bertz CT molecular complexity index is 3040. The van der Waals surface area contributed by atoms with E-state index in [9.17, 15) is 0 Å². The highest BCUT2D eigenvalue weighted by Gasteiger charge is 2.23. The zero-order valence-electron chi connectivity index (χ0n) is 31.1. The van der Waals surface area contributed by atoms with Crippen LogP contribution in [0.1, 0.15) is 27.7 Å². The summed E-state index contributed by atoms with van der Waals surface area (Å²) in [5.74, 6) is 0. The molecule has 0 nitrogen and oxygen atoms in total. The fourth-order valence-corrected chi connectivity index (χ4v) is 9.93. The van der Waals surface area contributed by atoms with Gasteiger partial charge in [0.25, 0.3) is 0 Å². The Balaban J connectivity index is 1.21. The number of benzene rings is 9. The third-order valence-electron chi connectivity index (χ3n) is 10.9. The summed E-state index contributed by atoms with van der Waals surface area (Å²) in [6, 6.07) is 62.5. The molecule has 0 atom stereocenters. The van der Waals surface area contributed by atoms with Gasteiger partial charge in [0.05, 0.1) is 1.37 Å². The molecule has 10 rings (SSSR count). The summed E-state index contributed by atoms with van der Waals surface area (Å²) in [7, 11) is 0. The summed E-state index contributed by atoms with van der Waals surface area (Å²) in [6.07, 6.45) is 0. The zero-order valence-corrected chi connectivity index (χ0v) is 30.9. The lowest BCUT2D eigenvalue weighted by Crippen LogP contribution is -2.11. The summed E-state index contributed by atoms with van der Waals surface area (Å²) in [5, 5.41) is 9.89. The first-order valence-corrected chi connectivity index (χ1v) is 19.2. The van der Waals surface area contributed by atoms with Gasteiger partial charge in [-0.05, 0) is 106 Å². The summed E-state index contributed by atoms with van der Waals surface area (Å²) >= 11 is 1.92. The molecule has 0 bridgehead atoms. The first-order chi connectivity index (χ1) is 26.3. The minimum atomic E-state index is 0.0399. The minimum absolute atomic E-state index is 0.0399. The summed E-state index contributed by atoms with van der Waals surface area (Å²) in [5.41, 5.74) is 11.3. The van der Waals surface area contributed by atoms with Crippen LogP contribution >= 0.6 is 11.3 Å². The first-order valence-electron chi connectivity index (χ1n) is 18.9. The van der Waals surface area contributed by atoms with Gasteiger partial charge in [0, 0.05) is 20.2 Å². The number of thiophene rings is 1. The number of hydrogen-bond donors (Lipinski definition) is 0. The van der Waals surface area contributed by atoms with Gasteiger partial charge in [-0.15, -0.1) is 11.3 Å². The normalized spacial score (nSPS) is 12.3. The van der Waals surface area contributed by atoms with Crippen LogP contribution < -0.4 is 0 Å². The molecule has 0 spiro atoms. The van der Waals surface area contributed by atoms with Crippen LogP contribution in [-0.4, -0.2) is 0 Å². The van der Waals surface area contributed by atoms with Crippen molar-refractivity contribution < 1.29 is 1.37 Å². The summed E-state index contributed by atoms with van der Waals surface area (Å²) in [4.78, 5) is 0. The van der Waals surface area contributed by atoms with Crippen molar-refractivity contribution in [2.75, 3.05) is 0 Å². The Morgan fingerprint density at radius 2 is 1.06 bits per heavy atom. The summed E-state index contributed by atoms with van der Waals surface area (Å²) < 4.78 is 10.8. The van der Waals surface area contributed by atoms with Crippen LogP contribution in [0, 0.1) is 0 Å². The van der Waals surface area contributed by atoms with Crippen molar-refractivity contribution in [1.82, 2.24) is 0 Å². The molecule has 252 valence electrons. The molecule has 0 unspecified atom stereocenters. The van der Waals surface area contributed by atoms with E-state index in [2.05, 4.69) is 178 Å². The highest BCUT2D eigenvalue weighted by molar-refractivity contribution is 7.26. The van der Waals surface area contributed by atoms with Gasteiger partial charge in [-0.2, -0.15) is 0 Å². The quantitative estimate of drug-likeness (QED) is 0.161. The maximum absolute atomic E-state index is 8.11. The molecule has 0 N–H and O–H groups in total. The molecule has 0 fully saturated rings. The zero-order chi connectivity index (χ0) is 36.6. The largest absolute Gasteiger partial charge is 0.135 e. The van der Waals surface area contributed by atoms with Gasteiger partial charge in [0.15, 0.2) is 0 Å². The molecule has 0 saturated heterocycles. The van der Waals surface area contributed by atoms with Crippen molar-refractivity contribution >= 4 is 63.8 Å². The minimum Gasteiger partial charge on any atom is -0.135 e. The van der Waals surface area contributed by atoms with Crippen LogP contribution in [0.2, 0.25) is 0 Å². The second kappa shape index (κ2) is 12.3. The van der Waals surface area contributed by atoms with Crippen molar-refractivity contribution in [2.45, 2.75) is 26.2 Å². The lowest BCUT2D eigenvalue weighted by atomic mass is 9.82. The van der Waals surface area contributed by atoms with E-state index in [1.54, 1.807) is 0 Å². The van der Waals surface area contributed by atoms with Gasteiger partial charge in [-0.3, -0.25) is 0 Å². The molecule has 0 amide bonds. The van der Waals surface area contributed by atoms with Gasteiger partial charge >= 0.3 is 0 Å². The highest BCUT2D eigenvalue weighted by atomic mass is 32.1. The van der Waals surface area contributed by atoms with Crippen molar-refractivity contribution in [3.05, 3.63) is 181 Å². The average Bonchev–Trinajstić information content (AvgIpc) is 3.59. The molecule has 1 heteroatoms. The lowest BCUT2D eigenvalue weighted by Gasteiger charge is -2.21. The van der Waals surface area contributed by atoms with Gasteiger partial charge < -0.3 is 0 Å². The standard InChI is InChI=1S/C52H38S/c1-52(2,3)46-30-29-39(50-45-25-12-13-26-47(45)53-51(46)50)35-17-14-18-37(32-35)48-41-21-8-10-23-43(41)49(44-24-11-9-22-42(44)48)40-20-7-6-19-38(40)36-28-27-33-15-4-5-16-34(33)31-36/h4-32H,1-3H3/i4D. The summed E-state index contributed by atoms with van der Waals surface area (Å²) in [6.45, 7) is 6.96. The van der Waals surface area contributed by atoms with E-state index in [1.165, 1.54) is 91.8 Å². The monoisotopic (exact) mass is 695 g/mol. The smallest absolute Gasteiger partial charge is 0.0623 e. The predicted molar refractivity (Wildman–Crippen MR) is 232 cm³/mol. The molecule has 9 aromatic carbocycles.